The van der Waals surface area contributed by atoms with Crippen molar-refractivity contribution in [3.05, 3.63) is 111 Å². The summed E-state index contributed by atoms with van der Waals surface area (Å²) in [6.45, 7) is 18.1. The van der Waals surface area contributed by atoms with Gasteiger partial charge < -0.3 is 14.9 Å². The van der Waals surface area contributed by atoms with E-state index in [2.05, 4.69) is 104 Å². The van der Waals surface area contributed by atoms with Crippen LogP contribution < -0.4 is 39.4 Å². The summed E-state index contributed by atoms with van der Waals surface area (Å²) < 4.78 is 6.69. The van der Waals surface area contributed by atoms with E-state index in [0.717, 1.165) is 74.3 Å². The Kier molecular flexibility index (Phi) is 19.1. The number of rotatable bonds is 16. The van der Waals surface area contributed by atoms with Crippen molar-refractivity contribution in [1.82, 2.24) is 0 Å². The molecule has 320 valence electrons. The molecule has 0 radical (unpaired) electrons. The summed E-state index contributed by atoms with van der Waals surface area (Å²) >= 11 is 3.67. The number of benzene rings is 4. The third-order valence-corrected chi connectivity index (χ3v) is 13.0. The Hall–Kier alpha value is -2.58. The smallest absolute Gasteiger partial charge is 0.857 e. The van der Waals surface area contributed by atoms with Crippen LogP contribution in [-0.2, 0) is 10.8 Å². The molecule has 0 spiro atoms. The Balaban J connectivity index is 0.000000303. The third kappa shape index (κ3) is 10.8. The molecule has 7 heteroatoms. The van der Waals surface area contributed by atoms with Crippen molar-refractivity contribution in [1.29, 1.82) is 0 Å². The van der Waals surface area contributed by atoms with Gasteiger partial charge in [0.2, 0.25) is 0 Å². The van der Waals surface area contributed by atoms with Crippen LogP contribution in [0.1, 0.15) is 182 Å². The number of carbonyl (C=O) groups excluding carboxylic acids is 2. The molecule has 1 N–H and O–H groups in total. The molecule has 5 nitrogen and oxygen atoms in total. The van der Waals surface area contributed by atoms with Crippen molar-refractivity contribution in [2.45, 2.75) is 156 Å². The molecular formula is C53H70BrNaO5. The van der Waals surface area contributed by atoms with Crippen molar-refractivity contribution in [2.75, 3.05) is 14.2 Å². The van der Waals surface area contributed by atoms with Gasteiger partial charge in [0.25, 0.3) is 0 Å². The summed E-state index contributed by atoms with van der Waals surface area (Å²) in [7, 11) is 2.49. The van der Waals surface area contributed by atoms with Gasteiger partial charge in [-0.1, -0.05) is 152 Å². The number of halogens is 1. The Morgan fingerprint density at radius 3 is 1.30 bits per heavy atom. The Bertz CT molecular complexity index is 2050. The van der Waals surface area contributed by atoms with Crippen LogP contribution in [0.25, 0.3) is 22.3 Å². The zero-order valence-electron chi connectivity index (χ0n) is 38.9. The summed E-state index contributed by atoms with van der Waals surface area (Å²) in [6, 6.07) is 25.5. The Labute approximate surface area is 392 Å². The maximum Gasteiger partial charge on any atom is 1.00 e. The standard InChI is InChI=1S/C27H36O2.C25H31BrO2.CH3O.Na/c1-7-9-15-27(16-10-8-2)23-17-19(25(28)26(3,4)5)11-13-21(23)22-14-12-20(29-6)18-24(22)27;1-5-7-13-25(14-8-6-2)21-15-17(23(27)24(3,4)28)9-11-19(21)20-12-10-18(26)16-22(20)25;1-2;/h11-14,17-18H,7-10,15-16H2,1-6H3;9-12,15-16,28H,5-8,13-14H2,1-4H3;1H3;/q;;-1;+1. The van der Waals surface area contributed by atoms with Crippen molar-refractivity contribution in [3.8, 4) is 28.0 Å². The van der Waals surface area contributed by atoms with E-state index in [4.69, 9.17) is 9.84 Å². The fourth-order valence-corrected chi connectivity index (χ4v) is 9.74. The van der Waals surface area contributed by atoms with E-state index in [-0.39, 0.29) is 57.4 Å². The predicted octanol–water partition coefficient (Wildman–Crippen LogP) is 10.6. The first kappa shape index (κ1) is 51.8. The van der Waals surface area contributed by atoms with E-state index in [9.17, 15) is 14.7 Å². The molecule has 0 unspecified atom stereocenters. The van der Waals surface area contributed by atoms with Gasteiger partial charge in [-0.05, 0) is 120 Å². The van der Waals surface area contributed by atoms with Crippen LogP contribution >= 0.6 is 15.9 Å². The van der Waals surface area contributed by atoms with Gasteiger partial charge in [-0.2, -0.15) is 7.11 Å². The van der Waals surface area contributed by atoms with Gasteiger partial charge in [-0.15, -0.1) is 0 Å². The van der Waals surface area contributed by atoms with Crippen molar-refractivity contribution >= 4 is 27.5 Å². The van der Waals surface area contributed by atoms with Crippen LogP contribution in [0.4, 0.5) is 0 Å². The number of aliphatic hydroxyl groups is 1. The second-order valence-corrected chi connectivity index (χ2v) is 19.1. The van der Waals surface area contributed by atoms with Crippen LogP contribution in [-0.4, -0.2) is 36.5 Å². The monoisotopic (exact) mass is 888 g/mol. The molecule has 4 aromatic carbocycles. The van der Waals surface area contributed by atoms with Gasteiger partial charge in [-0.3, -0.25) is 9.59 Å². The summed E-state index contributed by atoms with van der Waals surface area (Å²) in [4.78, 5) is 25.8. The van der Waals surface area contributed by atoms with Gasteiger partial charge in [0.05, 0.1) is 7.11 Å². The SMILES string of the molecule is CCCCC1(CCCC)c2cc(Br)ccc2-c2ccc(C(=O)C(C)(C)O)cc21.CCCCC1(CCCC)c2cc(OC)ccc2-c2ccc(C(=O)C(C)(C)C)cc21.C[O-].[Na+]. The molecule has 0 aliphatic heterocycles. The van der Waals surface area contributed by atoms with E-state index in [1.165, 1.54) is 70.2 Å². The molecular weight excluding hydrogens is 819 g/mol. The maximum absolute atomic E-state index is 13.1. The van der Waals surface area contributed by atoms with Crippen LogP contribution in [0.15, 0.2) is 77.3 Å². The van der Waals surface area contributed by atoms with Gasteiger partial charge in [0, 0.05) is 31.8 Å². The number of hydrogen-bond donors (Lipinski definition) is 1. The maximum atomic E-state index is 13.1. The van der Waals surface area contributed by atoms with Crippen molar-refractivity contribution in [3.63, 3.8) is 0 Å². The topological polar surface area (TPSA) is 86.7 Å². The zero-order chi connectivity index (χ0) is 43.8. The van der Waals surface area contributed by atoms with Crippen LogP contribution in [0, 0.1) is 5.41 Å². The van der Waals surface area contributed by atoms with Gasteiger partial charge in [0.1, 0.15) is 11.4 Å². The van der Waals surface area contributed by atoms with Crippen molar-refractivity contribution < 1.29 is 54.1 Å². The van der Waals surface area contributed by atoms with Crippen LogP contribution in [0.3, 0.4) is 0 Å². The molecule has 0 bridgehead atoms. The van der Waals surface area contributed by atoms with Crippen LogP contribution in [0.2, 0.25) is 0 Å². The normalized spacial score (nSPS) is 13.9. The molecule has 0 fully saturated rings. The molecule has 4 aromatic rings. The average Bonchev–Trinajstić information content (AvgIpc) is 3.65. The first-order valence-electron chi connectivity index (χ1n) is 22.0. The number of fused-ring (bicyclic) bond motifs is 6. The summed E-state index contributed by atoms with van der Waals surface area (Å²) in [6.07, 6.45) is 13.7. The first-order chi connectivity index (χ1) is 28.0. The van der Waals surface area contributed by atoms with E-state index in [1.54, 1.807) is 21.0 Å². The number of ether oxygens (including phenoxy) is 1. The zero-order valence-corrected chi connectivity index (χ0v) is 42.5. The van der Waals surface area contributed by atoms with E-state index < -0.39 is 5.60 Å². The first-order valence-corrected chi connectivity index (χ1v) is 22.8. The number of methoxy groups -OCH3 is 1. The molecule has 2 aliphatic rings. The van der Waals surface area contributed by atoms with Gasteiger partial charge >= 0.3 is 29.6 Å². The number of hydrogen-bond acceptors (Lipinski definition) is 5. The largest absolute Gasteiger partial charge is 1.00 e. The number of carbonyl (C=O) groups is 2. The van der Waals surface area contributed by atoms with Crippen LogP contribution in [0.5, 0.6) is 5.75 Å². The average molecular weight is 890 g/mol. The third-order valence-electron chi connectivity index (χ3n) is 12.5. The quantitative estimate of drug-likeness (QED) is 0.0895. The summed E-state index contributed by atoms with van der Waals surface area (Å²) in [5.74, 6) is 0.918. The molecule has 0 heterocycles. The van der Waals surface area contributed by atoms with Gasteiger partial charge in [-0.25, -0.2) is 0 Å². The molecule has 2 aliphatic carbocycles. The summed E-state index contributed by atoms with van der Waals surface area (Å²) in [5, 5.41) is 18.5. The Morgan fingerprint density at radius 2 is 0.933 bits per heavy atom. The minimum Gasteiger partial charge on any atom is -0.857 e. The van der Waals surface area contributed by atoms with E-state index in [0.29, 0.717) is 5.56 Å². The Morgan fingerprint density at radius 1 is 0.583 bits per heavy atom. The molecule has 0 saturated heterocycles. The van der Waals surface area contributed by atoms with Crippen molar-refractivity contribution in [2.24, 2.45) is 5.41 Å². The second kappa shape index (κ2) is 22.2. The number of ketones is 2. The van der Waals surface area contributed by atoms with Gasteiger partial charge in [0.15, 0.2) is 11.6 Å². The van der Waals surface area contributed by atoms with E-state index in [1.807, 2.05) is 32.9 Å². The number of Topliss-reactive ketones (excluding diaryl/α,β-unsaturated/α-hetero) is 2. The molecule has 0 aromatic heterocycles. The molecule has 0 atom stereocenters. The fraction of sp³-hybridized carbons (Fsp3) is 0.509. The summed E-state index contributed by atoms with van der Waals surface area (Å²) in [5.41, 5.74) is 10.1. The minimum absolute atomic E-state index is 0. The van der Waals surface area contributed by atoms with E-state index >= 15 is 0 Å². The minimum atomic E-state index is -1.36. The molecule has 60 heavy (non-hydrogen) atoms. The molecule has 0 amide bonds. The second-order valence-electron chi connectivity index (χ2n) is 18.2. The number of unbranched alkanes of at least 4 members (excludes halogenated alkanes) is 4. The molecule has 0 saturated carbocycles. The molecule has 6 rings (SSSR count). The predicted molar refractivity (Wildman–Crippen MR) is 248 cm³/mol. The fourth-order valence-electron chi connectivity index (χ4n) is 9.38.